The molecule has 11 nitrogen and oxygen atoms in total. The highest BCUT2D eigenvalue weighted by atomic mass is 16.5. The van der Waals surface area contributed by atoms with E-state index in [1.807, 2.05) is 35.3 Å². The van der Waals surface area contributed by atoms with E-state index < -0.39 is 0 Å². The van der Waals surface area contributed by atoms with Gasteiger partial charge in [-0.05, 0) is 36.1 Å². The normalized spacial score (nSPS) is 14.4. The Balaban J connectivity index is 1.87. The van der Waals surface area contributed by atoms with Gasteiger partial charge in [0.05, 0.1) is 33.0 Å². The molecule has 0 unspecified atom stereocenters. The van der Waals surface area contributed by atoms with E-state index in [-0.39, 0.29) is 12.5 Å². The van der Waals surface area contributed by atoms with Crippen LogP contribution in [-0.4, -0.2) is 78.5 Å². The molecule has 0 fully saturated rings. The predicted molar refractivity (Wildman–Crippen MR) is 178 cm³/mol. The Morgan fingerprint density at radius 1 is 1.09 bits per heavy atom. The lowest BCUT2D eigenvalue weighted by atomic mass is 9.98. The first-order chi connectivity index (χ1) is 21.7. The second kappa shape index (κ2) is 17.3. The molecule has 0 atom stereocenters. The molecule has 0 saturated carbocycles. The summed E-state index contributed by atoms with van der Waals surface area (Å²) in [4.78, 5) is 40.3. The number of amidine groups is 1. The SMILES string of the molecule is C=C/C=C(\C=C1/CC=C(C(=O)N(CCC)CCC)CC(N)=N1)c1ccc(C=O)c(/C=N\N(C)Cc2nc(OC)cc(OC)n2)c1. The molecule has 0 aliphatic carbocycles. The fraction of sp³-hybridized carbons (Fsp3) is 0.353. The highest BCUT2D eigenvalue weighted by Crippen LogP contribution is 2.25. The first-order valence-corrected chi connectivity index (χ1v) is 14.9. The predicted octanol–water partition coefficient (Wildman–Crippen LogP) is 4.95. The first kappa shape index (κ1) is 34.4. The van der Waals surface area contributed by atoms with Gasteiger partial charge in [-0.15, -0.1) is 0 Å². The summed E-state index contributed by atoms with van der Waals surface area (Å²) < 4.78 is 10.5. The fourth-order valence-corrected chi connectivity index (χ4v) is 4.72. The Hall–Kier alpha value is -5.06. The van der Waals surface area contributed by atoms with E-state index >= 15 is 0 Å². The van der Waals surface area contributed by atoms with Crippen molar-refractivity contribution in [3.8, 4) is 11.8 Å². The van der Waals surface area contributed by atoms with Crippen LogP contribution < -0.4 is 15.2 Å². The van der Waals surface area contributed by atoms with Gasteiger partial charge in [-0.3, -0.25) is 14.6 Å². The Morgan fingerprint density at radius 3 is 2.38 bits per heavy atom. The van der Waals surface area contributed by atoms with Crippen molar-refractivity contribution in [2.45, 2.75) is 46.1 Å². The zero-order chi connectivity index (χ0) is 32.8. The molecule has 0 saturated heterocycles. The molecule has 238 valence electrons. The monoisotopic (exact) mass is 613 g/mol. The van der Waals surface area contributed by atoms with Crippen LogP contribution in [0.4, 0.5) is 0 Å². The molecule has 2 heterocycles. The molecule has 0 bridgehead atoms. The van der Waals surface area contributed by atoms with Crippen molar-refractivity contribution in [3.05, 3.63) is 88.9 Å². The van der Waals surface area contributed by atoms with E-state index in [2.05, 4.69) is 40.5 Å². The fourth-order valence-electron chi connectivity index (χ4n) is 4.72. The number of aromatic nitrogens is 2. The molecule has 2 aromatic rings. The number of nitrogens with zero attached hydrogens (tertiary/aromatic N) is 6. The minimum atomic E-state index is 0.00964. The van der Waals surface area contributed by atoms with Crippen molar-refractivity contribution < 1.29 is 19.1 Å². The van der Waals surface area contributed by atoms with E-state index in [1.54, 1.807) is 36.5 Å². The van der Waals surface area contributed by atoms with Crippen LogP contribution >= 0.6 is 0 Å². The molecular formula is C34H43N7O4. The van der Waals surface area contributed by atoms with Crippen LogP contribution in [0.3, 0.4) is 0 Å². The molecule has 0 radical (unpaired) electrons. The van der Waals surface area contributed by atoms with Gasteiger partial charge in [-0.25, -0.2) is 4.99 Å². The van der Waals surface area contributed by atoms with Gasteiger partial charge in [-0.1, -0.05) is 50.8 Å². The van der Waals surface area contributed by atoms with E-state index in [0.29, 0.717) is 71.7 Å². The number of hydrazone groups is 1. The maximum atomic E-state index is 13.2. The zero-order valence-corrected chi connectivity index (χ0v) is 26.8. The number of allylic oxidation sites excluding steroid dienone is 5. The number of amides is 1. The van der Waals surface area contributed by atoms with Gasteiger partial charge >= 0.3 is 0 Å². The molecule has 0 spiro atoms. The lowest BCUT2D eigenvalue weighted by Crippen LogP contribution is -2.34. The standard InChI is InChI=1S/C34H43N7O4/c1-7-10-24(18-29-14-13-26(19-30(35)37-29)34(43)41(15-8-2)16-9-3)25-11-12-27(23-42)28(17-25)21-36-40(4)22-31-38-32(44-5)20-33(39-31)45-6/h7,10-13,17-18,20-21,23H,1,8-9,14-16,19,22H2,2-6H3,(H2,35,37)/b24-10+,29-18+,36-21-. The number of carbonyl (C=O) groups excluding carboxylic acids is 2. The number of nitrogens with two attached hydrogens (primary N) is 1. The number of aldehydes is 1. The summed E-state index contributed by atoms with van der Waals surface area (Å²) >= 11 is 0. The van der Waals surface area contributed by atoms with E-state index in [4.69, 9.17) is 15.2 Å². The van der Waals surface area contributed by atoms with Crippen LogP contribution in [0, 0.1) is 0 Å². The summed E-state index contributed by atoms with van der Waals surface area (Å²) in [6.07, 6.45) is 12.3. The number of ether oxygens (including phenoxy) is 2. The highest BCUT2D eigenvalue weighted by Gasteiger charge is 2.20. The Labute approximate surface area is 265 Å². The van der Waals surface area contributed by atoms with Crippen molar-refractivity contribution in [3.63, 3.8) is 0 Å². The van der Waals surface area contributed by atoms with Gasteiger partial charge in [0.1, 0.15) is 5.84 Å². The van der Waals surface area contributed by atoms with Crippen molar-refractivity contribution in [1.29, 1.82) is 0 Å². The van der Waals surface area contributed by atoms with Crippen LogP contribution in [0.15, 0.2) is 76.5 Å². The summed E-state index contributed by atoms with van der Waals surface area (Å²) in [5, 5.41) is 6.16. The largest absolute Gasteiger partial charge is 0.481 e. The van der Waals surface area contributed by atoms with Gasteiger partial charge < -0.3 is 20.1 Å². The molecule has 11 heteroatoms. The molecule has 2 N–H and O–H groups in total. The van der Waals surface area contributed by atoms with Crippen molar-refractivity contribution in [1.82, 2.24) is 19.9 Å². The van der Waals surface area contributed by atoms with E-state index in [9.17, 15) is 9.59 Å². The van der Waals surface area contributed by atoms with Gasteiger partial charge in [-0.2, -0.15) is 15.1 Å². The van der Waals surface area contributed by atoms with Crippen LogP contribution in [0.25, 0.3) is 5.57 Å². The minimum absolute atomic E-state index is 0.00964. The smallest absolute Gasteiger partial charge is 0.249 e. The number of carbonyl (C=O) groups is 2. The summed E-state index contributed by atoms with van der Waals surface area (Å²) in [5.74, 6) is 1.62. The topological polar surface area (TPSA) is 136 Å². The molecule has 45 heavy (non-hydrogen) atoms. The first-order valence-electron chi connectivity index (χ1n) is 14.9. The van der Waals surface area contributed by atoms with Gasteiger partial charge in [0, 0.05) is 55.4 Å². The van der Waals surface area contributed by atoms with Gasteiger partial charge in [0.15, 0.2) is 12.1 Å². The Morgan fingerprint density at radius 2 is 1.78 bits per heavy atom. The summed E-state index contributed by atoms with van der Waals surface area (Å²) in [5.41, 5.74) is 10.4. The quantitative estimate of drug-likeness (QED) is 0.129. The van der Waals surface area contributed by atoms with Crippen LogP contribution in [-0.2, 0) is 11.3 Å². The number of hydrogen-bond donors (Lipinski definition) is 1. The molecule has 1 aliphatic heterocycles. The minimum Gasteiger partial charge on any atom is -0.481 e. The second-order valence-corrected chi connectivity index (χ2v) is 10.4. The summed E-state index contributed by atoms with van der Waals surface area (Å²) in [6.45, 7) is 9.69. The van der Waals surface area contributed by atoms with Crippen LogP contribution in [0.5, 0.6) is 11.8 Å². The van der Waals surface area contributed by atoms with E-state index in [0.717, 1.165) is 30.3 Å². The number of methoxy groups -OCH3 is 2. The zero-order valence-electron chi connectivity index (χ0n) is 26.8. The van der Waals surface area contributed by atoms with Crippen molar-refractivity contribution in [2.24, 2.45) is 15.8 Å². The maximum absolute atomic E-state index is 13.2. The molecule has 1 aromatic heterocycles. The average molecular weight is 614 g/mol. The van der Waals surface area contributed by atoms with Gasteiger partial charge in [0.2, 0.25) is 17.7 Å². The lowest BCUT2D eigenvalue weighted by molar-refractivity contribution is -0.127. The van der Waals surface area contributed by atoms with E-state index in [1.165, 1.54) is 14.2 Å². The Kier molecular flexibility index (Phi) is 13.2. The third-order valence-electron chi connectivity index (χ3n) is 6.84. The third-order valence-corrected chi connectivity index (χ3v) is 6.84. The molecule has 3 rings (SSSR count). The average Bonchev–Trinajstić information content (AvgIpc) is 3.23. The third kappa shape index (κ3) is 9.99. The maximum Gasteiger partial charge on any atom is 0.249 e. The summed E-state index contributed by atoms with van der Waals surface area (Å²) in [7, 11) is 4.82. The molecule has 1 aromatic carbocycles. The summed E-state index contributed by atoms with van der Waals surface area (Å²) in [6, 6.07) is 7.07. The van der Waals surface area contributed by atoms with Crippen molar-refractivity contribution in [2.75, 3.05) is 34.4 Å². The van der Waals surface area contributed by atoms with Crippen LogP contribution in [0.2, 0.25) is 0 Å². The molecular weight excluding hydrogens is 570 g/mol. The molecule has 1 aliphatic rings. The number of rotatable bonds is 15. The lowest BCUT2D eigenvalue weighted by Gasteiger charge is -2.22. The second-order valence-electron chi connectivity index (χ2n) is 10.4. The number of benzene rings is 1. The van der Waals surface area contributed by atoms with Crippen molar-refractivity contribution >= 4 is 29.8 Å². The van der Waals surface area contributed by atoms with Gasteiger partial charge in [0.25, 0.3) is 0 Å². The Bertz CT molecular complexity index is 1500. The number of hydrogen-bond acceptors (Lipinski definition) is 10. The number of aliphatic imine (C=N–C) groups is 1. The molecule has 1 amide bonds. The van der Waals surface area contributed by atoms with Crippen LogP contribution in [0.1, 0.15) is 66.8 Å². The highest BCUT2D eigenvalue weighted by molar-refractivity contribution is 6.00.